The Kier molecular flexibility index (Phi) is 3.41. The molecule has 0 heterocycles. The van der Waals surface area contributed by atoms with Crippen LogP contribution in [0.15, 0.2) is 12.2 Å². The second kappa shape index (κ2) is 4.13. The number of allylic oxidation sites excluding steroid dienone is 1. The predicted octanol–water partition coefficient (Wildman–Crippen LogP) is 2.17. The zero-order valence-electron chi connectivity index (χ0n) is 7.07. The van der Waals surface area contributed by atoms with E-state index in [0.29, 0.717) is 11.3 Å². The molecule has 64 valence electrons. The van der Waals surface area contributed by atoms with Crippen LogP contribution in [-0.2, 0) is 0 Å². The van der Waals surface area contributed by atoms with Gasteiger partial charge in [-0.1, -0.05) is 19.1 Å². The van der Waals surface area contributed by atoms with E-state index in [1.807, 2.05) is 6.08 Å². The molecule has 0 amide bonds. The normalized spacial score (nSPS) is 20.9. The van der Waals surface area contributed by atoms with Crippen molar-refractivity contribution in [3.8, 4) is 0 Å². The van der Waals surface area contributed by atoms with Gasteiger partial charge in [0.2, 0.25) is 0 Å². The average molecular weight is 174 g/mol. The molecule has 1 nitrogen and oxygen atoms in total. The van der Waals surface area contributed by atoms with Gasteiger partial charge in [0.05, 0.1) is 0 Å². The molecule has 0 atom stereocenters. The fourth-order valence-corrected chi connectivity index (χ4v) is 1.12. The lowest BCUT2D eigenvalue weighted by molar-refractivity contribution is 0.518. The van der Waals surface area contributed by atoms with Gasteiger partial charge in [0, 0.05) is 19.0 Å². The van der Waals surface area contributed by atoms with Gasteiger partial charge < -0.3 is 5.32 Å². The van der Waals surface area contributed by atoms with E-state index in [9.17, 15) is 0 Å². The van der Waals surface area contributed by atoms with Crippen molar-refractivity contribution in [3.63, 3.8) is 0 Å². The van der Waals surface area contributed by atoms with Crippen LogP contribution in [-0.4, -0.2) is 19.0 Å². The van der Waals surface area contributed by atoms with E-state index >= 15 is 0 Å². The molecule has 0 radical (unpaired) electrons. The monoisotopic (exact) mass is 173 g/mol. The van der Waals surface area contributed by atoms with Crippen molar-refractivity contribution in [3.05, 3.63) is 12.2 Å². The van der Waals surface area contributed by atoms with Gasteiger partial charge in [-0.15, -0.1) is 11.6 Å². The Morgan fingerprint density at radius 1 is 1.45 bits per heavy atom. The molecular weight excluding hydrogens is 158 g/mol. The number of rotatable bonds is 5. The minimum Gasteiger partial charge on any atom is -0.313 e. The molecule has 0 spiro atoms. The molecule has 0 aliphatic heterocycles. The van der Waals surface area contributed by atoms with Crippen LogP contribution in [0.5, 0.6) is 0 Å². The first-order valence-corrected chi connectivity index (χ1v) is 4.72. The Morgan fingerprint density at radius 3 is 2.73 bits per heavy atom. The summed E-state index contributed by atoms with van der Waals surface area (Å²) in [6.45, 7) is 4.44. The summed E-state index contributed by atoms with van der Waals surface area (Å²) >= 11 is 5.47. The topological polar surface area (TPSA) is 12.0 Å². The van der Waals surface area contributed by atoms with E-state index in [2.05, 4.69) is 18.3 Å². The average Bonchev–Trinajstić information content (AvgIpc) is 2.69. The molecule has 11 heavy (non-hydrogen) atoms. The molecule has 1 rings (SSSR count). The quantitative estimate of drug-likeness (QED) is 0.382. The Morgan fingerprint density at radius 2 is 2.18 bits per heavy atom. The molecular formula is C9H16ClN. The lowest BCUT2D eigenvalue weighted by atomic mass is 10.1. The second-order valence-electron chi connectivity index (χ2n) is 3.57. The van der Waals surface area contributed by atoms with E-state index in [-0.39, 0.29) is 0 Å². The first kappa shape index (κ1) is 9.08. The highest BCUT2D eigenvalue weighted by Crippen LogP contribution is 2.43. The number of hydrogen-bond acceptors (Lipinski definition) is 1. The van der Waals surface area contributed by atoms with Gasteiger partial charge in [-0.2, -0.15) is 0 Å². The highest BCUT2D eigenvalue weighted by Gasteiger charge is 2.36. The first-order chi connectivity index (χ1) is 5.27. The summed E-state index contributed by atoms with van der Waals surface area (Å²) in [7, 11) is 0. The predicted molar refractivity (Wildman–Crippen MR) is 50.1 cm³/mol. The Balaban J connectivity index is 1.92. The van der Waals surface area contributed by atoms with E-state index < -0.39 is 0 Å². The molecule has 2 heteroatoms. The van der Waals surface area contributed by atoms with Crippen LogP contribution in [0.4, 0.5) is 0 Å². The fraction of sp³-hybridized carbons (Fsp3) is 0.778. The van der Waals surface area contributed by atoms with E-state index in [1.165, 1.54) is 12.8 Å². The van der Waals surface area contributed by atoms with Crippen LogP contribution in [0.25, 0.3) is 0 Å². The third kappa shape index (κ3) is 3.78. The van der Waals surface area contributed by atoms with Gasteiger partial charge in [0.1, 0.15) is 0 Å². The molecule has 1 aliphatic rings. The number of nitrogens with one attached hydrogen (secondary N) is 1. The minimum absolute atomic E-state index is 0.620. The van der Waals surface area contributed by atoms with E-state index in [1.54, 1.807) is 0 Å². The zero-order valence-corrected chi connectivity index (χ0v) is 7.82. The van der Waals surface area contributed by atoms with Gasteiger partial charge >= 0.3 is 0 Å². The van der Waals surface area contributed by atoms with E-state index in [0.717, 1.165) is 13.1 Å². The molecule has 1 saturated carbocycles. The van der Waals surface area contributed by atoms with Crippen molar-refractivity contribution in [2.75, 3.05) is 19.0 Å². The molecule has 0 aromatic heterocycles. The minimum atomic E-state index is 0.620. The lowest BCUT2D eigenvalue weighted by Crippen LogP contribution is -2.21. The van der Waals surface area contributed by atoms with Crippen LogP contribution in [0, 0.1) is 5.41 Å². The van der Waals surface area contributed by atoms with Crippen molar-refractivity contribution >= 4 is 11.6 Å². The van der Waals surface area contributed by atoms with Gasteiger partial charge in [0.15, 0.2) is 0 Å². The lowest BCUT2D eigenvalue weighted by Gasteiger charge is -2.06. The number of halogens is 1. The van der Waals surface area contributed by atoms with Crippen LogP contribution in [0.3, 0.4) is 0 Å². The Bertz CT molecular complexity index is 138. The smallest absolute Gasteiger partial charge is 0.0404 e. The van der Waals surface area contributed by atoms with Crippen molar-refractivity contribution in [1.82, 2.24) is 5.32 Å². The summed E-state index contributed by atoms with van der Waals surface area (Å²) in [5.41, 5.74) is 0.620. The summed E-state index contributed by atoms with van der Waals surface area (Å²) < 4.78 is 0. The molecule has 1 aliphatic carbocycles. The molecule has 0 unspecified atom stereocenters. The van der Waals surface area contributed by atoms with Crippen LogP contribution in [0.1, 0.15) is 19.8 Å². The molecule has 0 aromatic rings. The zero-order chi connectivity index (χ0) is 8.16. The standard InChI is InChI=1S/C9H16ClN/c1-9(4-5-9)8-11-7-3-2-6-10/h2-3,11H,4-8H2,1H3/b3-2+. The summed E-state index contributed by atoms with van der Waals surface area (Å²) in [6.07, 6.45) is 6.83. The molecule has 1 fully saturated rings. The largest absolute Gasteiger partial charge is 0.313 e. The fourth-order valence-electron chi connectivity index (χ4n) is 0.994. The second-order valence-corrected chi connectivity index (χ2v) is 3.88. The van der Waals surface area contributed by atoms with E-state index in [4.69, 9.17) is 11.6 Å². The van der Waals surface area contributed by atoms with Gasteiger partial charge in [-0.05, 0) is 18.3 Å². The van der Waals surface area contributed by atoms with Crippen molar-refractivity contribution < 1.29 is 0 Å². The van der Waals surface area contributed by atoms with Crippen LogP contribution < -0.4 is 5.32 Å². The summed E-state index contributed by atoms with van der Waals surface area (Å²) in [5, 5.41) is 3.38. The highest BCUT2D eigenvalue weighted by molar-refractivity contribution is 6.18. The number of hydrogen-bond donors (Lipinski definition) is 1. The third-order valence-corrected chi connectivity index (χ3v) is 2.35. The SMILES string of the molecule is CC1(CNC/C=C/CCl)CC1. The van der Waals surface area contributed by atoms with Crippen molar-refractivity contribution in [2.45, 2.75) is 19.8 Å². The van der Waals surface area contributed by atoms with Crippen LogP contribution >= 0.6 is 11.6 Å². The summed E-state index contributed by atoms with van der Waals surface area (Å²) in [6, 6.07) is 0. The van der Waals surface area contributed by atoms with Gasteiger partial charge in [-0.25, -0.2) is 0 Å². The maximum Gasteiger partial charge on any atom is 0.0404 e. The first-order valence-electron chi connectivity index (χ1n) is 4.18. The summed E-state index contributed by atoms with van der Waals surface area (Å²) in [4.78, 5) is 0. The summed E-state index contributed by atoms with van der Waals surface area (Å²) in [5.74, 6) is 0.624. The molecule has 0 bridgehead atoms. The highest BCUT2D eigenvalue weighted by atomic mass is 35.5. The maximum atomic E-state index is 5.47. The molecule has 0 aromatic carbocycles. The molecule has 0 saturated heterocycles. The van der Waals surface area contributed by atoms with Gasteiger partial charge in [-0.3, -0.25) is 0 Å². The Hall–Kier alpha value is -0.0100. The number of alkyl halides is 1. The van der Waals surface area contributed by atoms with Gasteiger partial charge in [0.25, 0.3) is 0 Å². The van der Waals surface area contributed by atoms with Crippen LogP contribution in [0.2, 0.25) is 0 Å². The Labute approximate surface area is 73.8 Å². The maximum absolute atomic E-state index is 5.47. The van der Waals surface area contributed by atoms with Crippen molar-refractivity contribution in [2.24, 2.45) is 5.41 Å². The molecule has 1 N–H and O–H groups in total. The third-order valence-electron chi connectivity index (χ3n) is 2.17. The van der Waals surface area contributed by atoms with Crippen molar-refractivity contribution in [1.29, 1.82) is 0 Å².